The van der Waals surface area contributed by atoms with Crippen molar-refractivity contribution < 1.29 is 14.3 Å². The Labute approximate surface area is 119 Å². The average molecular weight is 286 g/mol. The van der Waals surface area contributed by atoms with Crippen molar-refractivity contribution in [3.63, 3.8) is 0 Å². The third-order valence-electron chi connectivity index (χ3n) is 3.30. The fraction of sp³-hybridized carbons (Fsp3) is 0.500. The van der Waals surface area contributed by atoms with Gasteiger partial charge in [-0.1, -0.05) is 0 Å². The molecule has 0 saturated heterocycles. The molecule has 0 aromatic heterocycles. The molecule has 0 amide bonds. The van der Waals surface area contributed by atoms with Crippen LogP contribution in [0.1, 0.15) is 36.0 Å². The fourth-order valence-electron chi connectivity index (χ4n) is 2.19. The summed E-state index contributed by atoms with van der Waals surface area (Å²) >= 11 is 0. The number of benzene rings is 1. The molecule has 0 heterocycles. The Morgan fingerprint density at radius 3 is 2.26 bits per heavy atom. The number of esters is 1. The van der Waals surface area contributed by atoms with Crippen LogP contribution in [-0.2, 0) is 4.74 Å². The molecule has 1 aliphatic carbocycles. The van der Waals surface area contributed by atoms with E-state index in [2.05, 4.69) is 4.74 Å². The average Bonchev–Trinajstić information content (AvgIpc) is 2.41. The molecule has 0 bridgehead atoms. The van der Waals surface area contributed by atoms with Crippen molar-refractivity contribution in [2.75, 3.05) is 7.11 Å². The molecule has 4 nitrogen and oxygen atoms in total. The lowest BCUT2D eigenvalue weighted by atomic mass is 9.94. The zero-order chi connectivity index (χ0) is 13.0. The number of rotatable bonds is 3. The van der Waals surface area contributed by atoms with E-state index in [0.29, 0.717) is 11.6 Å². The van der Waals surface area contributed by atoms with E-state index in [1.54, 1.807) is 24.3 Å². The lowest BCUT2D eigenvalue weighted by Crippen LogP contribution is -2.31. The van der Waals surface area contributed by atoms with Gasteiger partial charge in [-0.15, -0.1) is 12.4 Å². The topological polar surface area (TPSA) is 61.5 Å². The van der Waals surface area contributed by atoms with Crippen molar-refractivity contribution in [3.05, 3.63) is 29.8 Å². The number of carbonyl (C=O) groups excluding carboxylic acids is 1. The van der Waals surface area contributed by atoms with Gasteiger partial charge < -0.3 is 15.2 Å². The zero-order valence-electron chi connectivity index (χ0n) is 11.0. The molecular weight excluding hydrogens is 266 g/mol. The summed E-state index contributed by atoms with van der Waals surface area (Å²) in [5.41, 5.74) is 6.39. The van der Waals surface area contributed by atoms with Crippen LogP contribution in [0.3, 0.4) is 0 Å². The van der Waals surface area contributed by atoms with Crippen LogP contribution in [0.25, 0.3) is 0 Å². The molecule has 2 rings (SSSR count). The summed E-state index contributed by atoms with van der Waals surface area (Å²) < 4.78 is 10.5. The fourth-order valence-corrected chi connectivity index (χ4v) is 2.19. The Morgan fingerprint density at radius 1 is 1.16 bits per heavy atom. The van der Waals surface area contributed by atoms with E-state index < -0.39 is 0 Å². The summed E-state index contributed by atoms with van der Waals surface area (Å²) in [5.74, 6) is 0.466. The molecule has 2 N–H and O–H groups in total. The molecule has 106 valence electrons. The van der Waals surface area contributed by atoms with Crippen molar-refractivity contribution in [2.24, 2.45) is 5.73 Å². The van der Waals surface area contributed by atoms with Crippen LogP contribution in [0.4, 0.5) is 0 Å². The van der Waals surface area contributed by atoms with Gasteiger partial charge in [-0.3, -0.25) is 0 Å². The number of carbonyl (C=O) groups is 1. The molecule has 19 heavy (non-hydrogen) atoms. The number of halogens is 1. The Morgan fingerprint density at radius 2 is 1.74 bits per heavy atom. The van der Waals surface area contributed by atoms with Crippen LogP contribution in [-0.4, -0.2) is 25.2 Å². The van der Waals surface area contributed by atoms with E-state index >= 15 is 0 Å². The molecule has 1 aliphatic rings. The van der Waals surface area contributed by atoms with Gasteiger partial charge in [0, 0.05) is 6.04 Å². The summed E-state index contributed by atoms with van der Waals surface area (Å²) in [6.45, 7) is 0. The standard InChI is InChI=1S/C14H19NO3.ClH/c1-17-14(16)10-2-6-12(7-3-10)18-13-8-4-11(15)5-9-13;/h2-3,6-7,11,13H,4-5,8-9,15H2,1H3;1H. The Kier molecular flexibility index (Phi) is 6.12. The highest BCUT2D eigenvalue weighted by atomic mass is 35.5. The quantitative estimate of drug-likeness (QED) is 0.867. The molecule has 0 atom stereocenters. The second-order valence-electron chi connectivity index (χ2n) is 4.67. The van der Waals surface area contributed by atoms with Crippen LogP contribution >= 0.6 is 12.4 Å². The van der Waals surface area contributed by atoms with Gasteiger partial charge in [0.25, 0.3) is 0 Å². The van der Waals surface area contributed by atoms with E-state index in [4.69, 9.17) is 10.5 Å². The largest absolute Gasteiger partial charge is 0.490 e. The first kappa shape index (κ1) is 15.8. The van der Waals surface area contributed by atoms with Gasteiger partial charge in [-0.2, -0.15) is 0 Å². The molecule has 0 unspecified atom stereocenters. The van der Waals surface area contributed by atoms with Crippen LogP contribution in [0.2, 0.25) is 0 Å². The maximum absolute atomic E-state index is 11.3. The number of hydrogen-bond acceptors (Lipinski definition) is 4. The SMILES string of the molecule is COC(=O)c1ccc(OC2CCC(N)CC2)cc1.Cl. The van der Waals surface area contributed by atoms with Crippen LogP contribution < -0.4 is 10.5 Å². The summed E-state index contributed by atoms with van der Waals surface area (Å²) in [6.07, 6.45) is 4.28. The molecule has 0 radical (unpaired) electrons. The minimum atomic E-state index is -0.329. The predicted octanol–water partition coefficient (Wildman–Crippen LogP) is 2.54. The molecule has 0 aliphatic heterocycles. The summed E-state index contributed by atoms with van der Waals surface area (Å²) in [4.78, 5) is 11.3. The monoisotopic (exact) mass is 285 g/mol. The van der Waals surface area contributed by atoms with Crippen molar-refractivity contribution >= 4 is 18.4 Å². The highest BCUT2D eigenvalue weighted by molar-refractivity contribution is 5.89. The van der Waals surface area contributed by atoms with Crippen molar-refractivity contribution in [2.45, 2.75) is 37.8 Å². The smallest absolute Gasteiger partial charge is 0.337 e. The van der Waals surface area contributed by atoms with Gasteiger partial charge in [-0.05, 0) is 49.9 Å². The number of nitrogens with two attached hydrogens (primary N) is 1. The summed E-state index contributed by atoms with van der Waals surface area (Å²) in [6, 6.07) is 7.37. The number of methoxy groups -OCH3 is 1. The van der Waals surface area contributed by atoms with Gasteiger partial charge in [0.1, 0.15) is 5.75 Å². The first-order valence-electron chi connectivity index (χ1n) is 6.29. The third-order valence-corrected chi connectivity index (χ3v) is 3.30. The molecule has 1 aromatic carbocycles. The number of hydrogen-bond donors (Lipinski definition) is 1. The zero-order valence-corrected chi connectivity index (χ0v) is 11.8. The van der Waals surface area contributed by atoms with Gasteiger partial charge in [0.05, 0.1) is 18.8 Å². The van der Waals surface area contributed by atoms with Gasteiger partial charge in [0.2, 0.25) is 0 Å². The van der Waals surface area contributed by atoms with Crippen LogP contribution in [0.15, 0.2) is 24.3 Å². The lowest BCUT2D eigenvalue weighted by Gasteiger charge is -2.26. The van der Waals surface area contributed by atoms with E-state index in [1.807, 2.05) is 0 Å². The highest BCUT2D eigenvalue weighted by Gasteiger charge is 2.19. The first-order chi connectivity index (χ1) is 8.69. The normalized spacial score (nSPS) is 22.2. The van der Waals surface area contributed by atoms with E-state index in [1.165, 1.54) is 7.11 Å². The highest BCUT2D eigenvalue weighted by Crippen LogP contribution is 2.23. The van der Waals surface area contributed by atoms with Crippen LogP contribution in [0.5, 0.6) is 5.75 Å². The van der Waals surface area contributed by atoms with Crippen molar-refractivity contribution in [1.29, 1.82) is 0 Å². The Bertz CT molecular complexity index is 400. The van der Waals surface area contributed by atoms with E-state index in [9.17, 15) is 4.79 Å². The predicted molar refractivity (Wildman–Crippen MR) is 75.9 cm³/mol. The second kappa shape index (κ2) is 7.36. The maximum Gasteiger partial charge on any atom is 0.337 e. The Hall–Kier alpha value is -1.26. The van der Waals surface area contributed by atoms with E-state index in [0.717, 1.165) is 31.4 Å². The molecule has 1 saturated carbocycles. The van der Waals surface area contributed by atoms with Gasteiger partial charge >= 0.3 is 5.97 Å². The summed E-state index contributed by atoms with van der Waals surface area (Å²) in [7, 11) is 1.37. The minimum Gasteiger partial charge on any atom is -0.490 e. The van der Waals surface area contributed by atoms with E-state index in [-0.39, 0.29) is 24.5 Å². The van der Waals surface area contributed by atoms with Crippen molar-refractivity contribution in [3.8, 4) is 5.75 Å². The molecule has 0 spiro atoms. The summed E-state index contributed by atoms with van der Waals surface area (Å²) in [5, 5.41) is 0. The Balaban J connectivity index is 0.00000180. The van der Waals surface area contributed by atoms with Gasteiger partial charge in [-0.25, -0.2) is 4.79 Å². The number of ether oxygens (including phenoxy) is 2. The first-order valence-corrected chi connectivity index (χ1v) is 6.29. The minimum absolute atomic E-state index is 0. The van der Waals surface area contributed by atoms with Crippen LogP contribution in [0, 0.1) is 0 Å². The second-order valence-corrected chi connectivity index (χ2v) is 4.67. The molecule has 1 aromatic rings. The van der Waals surface area contributed by atoms with Gasteiger partial charge in [0.15, 0.2) is 0 Å². The maximum atomic E-state index is 11.3. The molecular formula is C14H20ClNO3. The van der Waals surface area contributed by atoms with Crippen molar-refractivity contribution in [1.82, 2.24) is 0 Å². The molecule has 1 fully saturated rings. The third kappa shape index (κ3) is 4.40. The lowest BCUT2D eigenvalue weighted by molar-refractivity contribution is 0.0600. The molecule has 5 heteroatoms.